The number of hydrogen-bond donors (Lipinski definition) is 1. The van der Waals surface area contributed by atoms with Crippen molar-refractivity contribution in [1.82, 2.24) is 4.90 Å². The zero-order valence-electron chi connectivity index (χ0n) is 12.9. The number of hydrogen-bond acceptors (Lipinski definition) is 5. The van der Waals surface area contributed by atoms with Crippen LogP contribution in [0.2, 0.25) is 0 Å². The summed E-state index contributed by atoms with van der Waals surface area (Å²) in [5, 5.41) is 11.3. The van der Waals surface area contributed by atoms with Crippen molar-refractivity contribution in [2.24, 2.45) is 5.92 Å². The molecular weight excluding hydrogens is 314 g/mol. The zero-order valence-corrected chi connectivity index (χ0v) is 13.8. The number of aryl methyl sites for hydroxylation is 1. The second-order valence-corrected chi connectivity index (χ2v) is 6.65. The molecule has 3 rings (SSSR count). The van der Waals surface area contributed by atoms with Gasteiger partial charge in [0.1, 0.15) is 11.5 Å². The van der Waals surface area contributed by atoms with Crippen LogP contribution in [0, 0.1) is 5.92 Å². The lowest BCUT2D eigenvalue weighted by Crippen LogP contribution is -2.36. The van der Waals surface area contributed by atoms with Crippen LogP contribution in [0.1, 0.15) is 12.2 Å². The van der Waals surface area contributed by atoms with Crippen molar-refractivity contribution in [2.45, 2.75) is 12.8 Å². The predicted molar refractivity (Wildman–Crippen MR) is 88.3 cm³/mol. The van der Waals surface area contributed by atoms with Crippen molar-refractivity contribution in [1.29, 1.82) is 0 Å². The van der Waals surface area contributed by atoms with E-state index in [-0.39, 0.29) is 18.4 Å². The van der Waals surface area contributed by atoms with Crippen molar-refractivity contribution in [3.8, 4) is 10.6 Å². The highest BCUT2D eigenvalue weighted by Gasteiger charge is 2.22. The van der Waals surface area contributed by atoms with Gasteiger partial charge in [0, 0.05) is 38.5 Å². The van der Waals surface area contributed by atoms with E-state index in [1.807, 2.05) is 29.6 Å². The van der Waals surface area contributed by atoms with Crippen LogP contribution in [0.3, 0.4) is 0 Å². The molecule has 1 amide bonds. The molecule has 2 aromatic heterocycles. The molecule has 2 aromatic rings. The molecule has 23 heavy (non-hydrogen) atoms. The Morgan fingerprint density at radius 2 is 2.30 bits per heavy atom. The third-order valence-electron chi connectivity index (χ3n) is 3.96. The Kier molecular flexibility index (Phi) is 5.48. The first-order chi connectivity index (χ1) is 11.3. The fourth-order valence-electron chi connectivity index (χ4n) is 2.67. The Labute approximate surface area is 139 Å². The van der Waals surface area contributed by atoms with Crippen LogP contribution in [0.25, 0.3) is 10.6 Å². The maximum absolute atomic E-state index is 12.4. The van der Waals surface area contributed by atoms with Crippen molar-refractivity contribution in [3.63, 3.8) is 0 Å². The summed E-state index contributed by atoms with van der Waals surface area (Å²) < 4.78 is 11.2. The van der Waals surface area contributed by atoms with Gasteiger partial charge < -0.3 is 19.2 Å². The minimum absolute atomic E-state index is 0.00972. The lowest BCUT2D eigenvalue weighted by molar-refractivity contribution is -0.131. The molecule has 0 spiro atoms. The van der Waals surface area contributed by atoms with Gasteiger partial charge in [0.2, 0.25) is 5.91 Å². The number of furan rings is 1. The van der Waals surface area contributed by atoms with E-state index in [9.17, 15) is 9.90 Å². The van der Waals surface area contributed by atoms with Gasteiger partial charge in [-0.2, -0.15) is 0 Å². The second-order valence-electron chi connectivity index (χ2n) is 5.71. The largest absolute Gasteiger partial charge is 0.460 e. The zero-order chi connectivity index (χ0) is 16.1. The number of ether oxygens (including phenoxy) is 1. The summed E-state index contributed by atoms with van der Waals surface area (Å²) in [6.45, 7) is 2.25. The van der Waals surface area contributed by atoms with Gasteiger partial charge in [-0.25, -0.2) is 0 Å². The van der Waals surface area contributed by atoms with Gasteiger partial charge in [-0.3, -0.25) is 4.79 Å². The number of amides is 1. The molecule has 0 radical (unpaired) electrons. The topological polar surface area (TPSA) is 62.9 Å². The first-order valence-electron chi connectivity index (χ1n) is 7.85. The summed E-state index contributed by atoms with van der Waals surface area (Å²) in [4.78, 5) is 15.3. The molecule has 0 saturated carbocycles. The van der Waals surface area contributed by atoms with E-state index in [1.165, 1.54) is 0 Å². The highest BCUT2D eigenvalue weighted by atomic mass is 32.1. The average Bonchev–Trinajstić information content (AvgIpc) is 3.19. The quantitative estimate of drug-likeness (QED) is 0.911. The summed E-state index contributed by atoms with van der Waals surface area (Å²) in [5.74, 6) is 1.77. The number of thiophene rings is 1. The molecule has 124 valence electrons. The minimum atomic E-state index is 0.00972. The summed E-state index contributed by atoms with van der Waals surface area (Å²) >= 11 is 1.64. The van der Waals surface area contributed by atoms with E-state index in [0.717, 1.165) is 16.4 Å². The summed E-state index contributed by atoms with van der Waals surface area (Å²) in [7, 11) is 0. The summed E-state index contributed by atoms with van der Waals surface area (Å²) in [6, 6.07) is 7.90. The van der Waals surface area contributed by atoms with Crippen LogP contribution in [0.15, 0.2) is 34.1 Å². The Morgan fingerprint density at radius 3 is 3.09 bits per heavy atom. The molecule has 1 fully saturated rings. The molecule has 1 saturated heterocycles. The minimum Gasteiger partial charge on any atom is -0.460 e. The van der Waals surface area contributed by atoms with Crippen LogP contribution in [0.4, 0.5) is 0 Å². The van der Waals surface area contributed by atoms with Crippen molar-refractivity contribution in [3.05, 3.63) is 35.4 Å². The van der Waals surface area contributed by atoms with Gasteiger partial charge in [-0.1, -0.05) is 6.07 Å². The lowest BCUT2D eigenvalue weighted by atomic mass is 10.1. The van der Waals surface area contributed by atoms with Gasteiger partial charge in [0.05, 0.1) is 18.1 Å². The fraction of sp³-hybridized carbons (Fsp3) is 0.471. The Morgan fingerprint density at radius 1 is 1.39 bits per heavy atom. The van der Waals surface area contributed by atoms with Crippen molar-refractivity contribution >= 4 is 17.2 Å². The summed E-state index contributed by atoms with van der Waals surface area (Å²) in [6.07, 6.45) is 1.00. The maximum Gasteiger partial charge on any atom is 0.223 e. The molecule has 0 unspecified atom stereocenters. The van der Waals surface area contributed by atoms with Gasteiger partial charge >= 0.3 is 0 Å². The molecule has 1 atom stereocenters. The van der Waals surface area contributed by atoms with Gasteiger partial charge in [0.15, 0.2) is 0 Å². The van der Waals surface area contributed by atoms with Crippen LogP contribution in [-0.4, -0.2) is 48.8 Å². The average molecular weight is 335 g/mol. The second kappa shape index (κ2) is 7.77. The van der Waals surface area contributed by atoms with E-state index in [4.69, 9.17) is 9.15 Å². The van der Waals surface area contributed by atoms with E-state index < -0.39 is 0 Å². The number of carbonyl (C=O) groups excluding carboxylic acids is 1. The van der Waals surface area contributed by atoms with Crippen molar-refractivity contribution in [2.75, 3.05) is 32.9 Å². The molecule has 0 aromatic carbocycles. The molecule has 1 aliphatic rings. The molecule has 1 N–H and O–H groups in total. The monoisotopic (exact) mass is 335 g/mol. The SMILES string of the molecule is O=C(CCc1ccc(-c2cccs2)o1)N1CCOC[C@@H](CO)C1. The van der Waals surface area contributed by atoms with Crippen LogP contribution >= 0.6 is 11.3 Å². The van der Waals surface area contributed by atoms with E-state index in [2.05, 4.69) is 0 Å². The molecule has 5 nitrogen and oxygen atoms in total. The molecular formula is C17H21NO4S. The third-order valence-corrected chi connectivity index (χ3v) is 4.84. The van der Waals surface area contributed by atoms with Crippen LogP contribution in [0.5, 0.6) is 0 Å². The van der Waals surface area contributed by atoms with Gasteiger partial charge in [-0.05, 0) is 23.6 Å². The van der Waals surface area contributed by atoms with E-state index in [1.54, 1.807) is 16.2 Å². The standard InChI is InChI=1S/C17H21NO4S/c19-11-13-10-18(7-8-21-12-13)17(20)6-4-14-3-5-15(22-14)16-2-1-9-23-16/h1-3,5,9,13,19H,4,6-8,10-12H2/t13-/m1/s1. The molecule has 0 bridgehead atoms. The highest BCUT2D eigenvalue weighted by Crippen LogP contribution is 2.27. The summed E-state index contributed by atoms with van der Waals surface area (Å²) in [5.41, 5.74) is 0. The van der Waals surface area contributed by atoms with Gasteiger partial charge in [0.25, 0.3) is 0 Å². The third kappa shape index (κ3) is 4.22. The van der Waals surface area contributed by atoms with Crippen molar-refractivity contribution < 1.29 is 19.1 Å². The lowest BCUT2D eigenvalue weighted by Gasteiger charge is -2.22. The Balaban J connectivity index is 1.54. The van der Waals surface area contributed by atoms with Gasteiger partial charge in [-0.15, -0.1) is 11.3 Å². The number of nitrogens with zero attached hydrogens (tertiary/aromatic N) is 1. The molecule has 0 aliphatic carbocycles. The number of rotatable bonds is 5. The van der Waals surface area contributed by atoms with Crippen LogP contribution < -0.4 is 0 Å². The normalized spacial score (nSPS) is 18.8. The number of aliphatic hydroxyl groups is 1. The smallest absolute Gasteiger partial charge is 0.223 e. The first-order valence-corrected chi connectivity index (χ1v) is 8.73. The van der Waals surface area contributed by atoms with E-state index >= 15 is 0 Å². The highest BCUT2D eigenvalue weighted by molar-refractivity contribution is 7.13. The fourth-order valence-corrected chi connectivity index (χ4v) is 3.36. The molecule has 1 aliphatic heterocycles. The van der Waals surface area contributed by atoms with Crippen LogP contribution in [-0.2, 0) is 16.0 Å². The maximum atomic E-state index is 12.4. The predicted octanol–water partition coefficient (Wildman–Crippen LogP) is 2.41. The number of aliphatic hydroxyl groups excluding tert-OH is 1. The molecule has 3 heterocycles. The first kappa shape index (κ1) is 16.2. The van der Waals surface area contributed by atoms with E-state index in [0.29, 0.717) is 39.1 Å². The molecule has 6 heteroatoms. The number of carbonyl (C=O) groups is 1. The Hall–Kier alpha value is -1.63. The Bertz CT molecular complexity index is 622.